The van der Waals surface area contributed by atoms with Crippen LogP contribution in [0.25, 0.3) is 16.9 Å². The highest BCUT2D eigenvalue weighted by atomic mass is 19.1. The fourth-order valence-corrected chi connectivity index (χ4v) is 2.86. The third kappa shape index (κ3) is 2.73. The quantitative estimate of drug-likeness (QED) is 0.619. The number of aryl methyl sites for hydroxylation is 2. The van der Waals surface area contributed by atoms with Crippen LogP contribution in [0.3, 0.4) is 0 Å². The lowest BCUT2D eigenvalue weighted by atomic mass is 10.2. The topological polar surface area (TPSA) is 68.1 Å². The summed E-state index contributed by atoms with van der Waals surface area (Å²) < 4.78 is 21.6. The first kappa shape index (κ1) is 15.3. The van der Waals surface area contributed by atoms with Gasteiger partial charge in [-0.1, -0.05) is 0 Å². The zero-order valence-electron chi connectivity index (χ0n) is 13.8. The number of nitrogens with zero attached hydrogens (tertiary/aromatic N) is 4. The van der Waals surface area contributed by atoms with E-state index in [1.54, 1.807) is 18.5 Å². The van der Waals surface area contributed by atoms with Gasteiger partial charge in [0, 0.05) is 24.2 Å². The van der Waals surface area contributed by atoms with Gasteiger partial charge in [0.1, 0.15) is 18.1 Å². The largest absolute Gasteiger partial charge is 0.483 e. The number of hydrogen-bond acceptors (Lipinski definition) is 4. The Morgan fingerprint density at radius 3 is 2.96 bits per heavy atom. The number of H-pyrrole nitrogens is 1. The van der Waals surface area contributed by atoms with Crippen LogP contribution in [0, 0.1) is 19.7 Å². The second kappa shape index (κ2) is 6.01. The molecule has 0 saturated carbocycles. The van der Waals surface area contributed by atoms with Crippen LogP contribution in [0.5, 0.6) is 5.75 Å². The second-order valence-electron chi connectivity index (χ2n) is 5.83. The molecule has 0 radical (unpaired) electrons. The maximum absolute atomic E-state index is 13.8. The minimum Gasteiger partial charge on any atom is -0.483 e. The van der Waals surface area contributed by atoms with Gasteiger partial charge in [-0.25, -0.2) is 9.37 Å². The zero-order chi connectivity index (χ0) is 17.4. The summed E-state index contributed by atoms with van der Waals surface area (Å²) in [7, 11) is 0. The van der Waals surface area contributed by atoms with Gasteiger partial charge >= 0.3 is 0 Å². The zero-order valence-corrected chi connectivity index (χ0v) is 13.8. The molecule has 7 heteroatoms. The summed E-state index contributed by atoms with van der Waals surface area (Å²) in [6.07, 6.45) is 7.11. The van der Waals surface area contributed by atoms with Crippen molar-refractivity contribution in [2.75, 3.05) is 0 Å². The summed E-state index contributed by atoms with van der Waals surface area (Å²) in [5.74, 6) is 0.202. The van der Waals surface area contributed by atoms with E-state index in [4.69, 9.17) is 4.74 Å². The van der Waals surface area contributed by atoms with Gasteiger partial charge in [-0.2, -0.15) is 5.10 Å². The highest BCUT2D eigenvalue weighted by molar-refractivity contribution is 5.69. The maximum atomic E-state index is 13.8. The molecule has 4 rings (SSSR count). The number of aromatic nitrogens is 5. The molecule has 0 atom stereocenters. The SMILES string of the molecule is Cc1cc(OCc2ncccc2F)c2nc(C)c(-c3cn[nH]c3)n2c1. The molecule has 126 valence electrons. The van der Waals surface area contributed by atoms with Crippen molar-refractivity contribution in [1.82, 2.24) is 24.6 Å². The average Bonchev–Trinajstić information content (AvgIpc) is 3.21. The minimum absolute atomic E-state index is 0.0404. The van der Waals surface area contributed by atoms with Gasteiger partial charge in [-0.05, 0) is 37.6 Å². The van der Waals surface area contributed by atoms with Gasteiger partial charge in [0.05, 0.1) is 17.6 Å². The average molecular weight is 337 g/mol. The summed E-state index contributed by atoms with van der Waals surface area (Å²) in [6.45, 7) is 3.95. The lowest BCUT2D eigenvalue weighted by Gasteiger charge is -2.09. The predicted octanol–water partition coefficient (Wildman–Crippen LogP) is 3.45. The lowest BCUT2D eigenvalue weighted by Crippen LogP contribution is -2.03. The third-order valence-corrected chi connectivity index (χ3v) is 3.97. The van der Waals surface area contributed by atoms with E-state index in [1.165, 1.54) is 6.07 Å². The van der Waals surface area contributed by atoms with E-state index in [9.17, 15) is 4.39 Å². The molecule has 0 aliphatic carbocycles. The van der Waals surface area contributed by atoms with Crippen LogP contribution in [0.2, 0.25) is 0 Å². The molecule has 4 aromatic rings. The maximum Gasteiger partial charge on any atom is 0.180 e. The van der Waals surface area contributed by atoms with Crippen molar-refractivity contribution in [1.29, 1.82) is 0 Å². The first-order valence-electron chi connectivity index (χ1n) is 7.84. The summed E-state index contributed by atoms with van der Waals surface area (Å²) >= 11 is 0. The van der Waals surface area contributed by atoms with E-state index < -0.39 is 0 Å². The molecule has 0 bridgehead atoms. The minimum atomic E-state index is -0.384. The molecule has 4 heterocycles. The van der Waals surface area contributed by atoms with Gasteiger partial charge in [-0.15, -0.1) is 0 Å². The van der Waals surface area contributed by atoms with E-state index >= 15 is 0 Å². The molecule has 0 spiro atoms. The Kier molecular flexibility index (Phi) is 3.68. The summed E-state index contributed by atoms with van der Waals surface area (Å²) in [6, 6.07) is 4.81. The summed E-state index contributed by atoms with van der Waals surface area (Å²) in [5, 5.41) is 6.83. The van der Waals surface area contributed by atoms with Crippen LogP contribution >= 0.6 is 0 Å². The fourth-order valence-electron chi connectivity index (χ4n) is 2.86. The van der Waals surface area contributed by atoms with Crippen molar-refractivity contribution < 1.29 is 9.13 Å². The highest BCUT2D eigenvalue weighted by Gasteiger charge is 2.16. The summed E-state index contributed by atoms with van der Waals surface area (Å²) in [4.78, 5) is 8.65. The Labute approximate surface area is 143 Å². The Bertz CT molecular complexity index is 1040. The smallest absolute Gasteiger partial charge is 0.180 e. The number of fused-ring (bicyclic) bond motifs is 1. The number of ether oxygens (including phenoxy) is 1. The first-order valence-corrected chi connectivity index (χ1v) is 7.84. The van der Waals surface area contributed by atoms with Crippen LogP contribution in [-0.2, 0) is 6.61 Å². The number of pyridine rings is 2. The Hall–Kier alpha value is -3.22. The van der Waals surface area contributed by atoms with Crippen LogP contribution in [0.1, 0.15) is 17.0 Å². The molecule has 0 aliphatic rings. The van der Waals surface area contributed by atoms with Gasteiger partial charge in [0.2, 0.25) is 0 Å². The monoisotopic (exact) mass is 337 g/mol. The number of nitrogens with one attached hydrogen (secondary N) is 1. The van der Waals surface area contributed by atoms with Crippen LogP contribution in [-0.4, -0.2) is 24.6 Å². The molecule has 0 fully saturated rings. The van der Waals surface area contributed by atoms with Crippen molar-refractivity contribution in [3.8, 4) is 17.0 Å². The Morgan fingerprint density at radius 1 is 1.32 bits per heavy atom. The van der Waals surface area contributed by atoms with Gasteiger partial charge < -0.3 is 4.74 Å². The molecule has 1 N–H and O–H groups in total. The van der Waals surface area contributed by atoms with Crippen LogP contribution < -0.4 is 4.74 Å². The van der Waals surface area contributed by atoms with Crippen molar-refractivity contribution in [3.63, 3.8) is 0 Å². The first-order chi connectivity index (χ1) is 12.1. The van der Waals surface area contributed by atoms with Gasteiger partial charge in [0.25, 0.3) is 0 Å². The molecular formula is C18H16FN5O. The standard InChI is InChI=1S/C18H16FN5O/c1-11-6-16(25-10-15-14(19)4-3-5-20-15)18-23-12(2)17(24(18)9-11)13-7-21-22-8-13/h3-9H,10H2,1-2H3,(H,21,22). The molecule has 4 aromatic heterocycles. The molecule has 6 nitrogen and oxygen atoms in total. The Balaban J connectivity index is 1.77. The van der Waals surface area contributed by atoms with Crippen molar-refractivity contribution in [2.45, 2.75) is 20.5 Å². The fraction of sp³-hybridized carbons (Fsp3) is 0.167. The van der Waals surface area contributed by atoms with Crippen LogP contribution in [0.4, 0.5) is 4.39 Å². The third-order valence-electron chi connectivity index (χ3n) is 3.97. The van der Waals surface area contributed by atoms with E-state index in [0.717, 1.165) is 22.5 Å². The van der Waals surface area contributed by atoms with Gasteiger partial charge in [-0.3, -0.25) is 14.5 Å². The van der Waals surface area contributed by atoms with Crippen LogP contribution in [0.15, 0.2) is 43.0 Å². The number of aromatic amines is 1. The number of halogens is 1. The predicted molar refractivity (Wildman–Crippen MR) is 90.8 cm³/mol. The van der Waals surface area contributed by atoms with E-state index in [2.05, 4.69) is 20.2 Å². The normalized spacial score (nSPS) is 11.2. The summed E-state index contributed by atoms with van der Waals surface area (Å²) in [5.41, 5.74) is 4.70. The van der Waals surface area contributed by atoms with E-state index in [1.807, 2.05) is 36.7 Å². The number of hydrogen-bond donors (Lipinski definition) is 1. The molecule has 0 unspecified atom stereocenters. The second-order valence-corrected chi connectivity index (χ2v) is 5.83. The molecule has 0 saturated heterocycles. The molecule has 0 aliphatic heterocycles. The van der Waals surface area contributed by atoms with Crippen molar-refractivity contribution in [3.05, 3.63) is 65.8 Å². The van der Waals surface area contributed by atoms with E-state index in [0.29, 0.717) is 11.4 Å². The van der Waals surface area contributed by atoms with Crippen molar-refractivity contribution >= 4 is 5.65 Å². The molecule has 0 amide bonds. The number of imidazole rings is 1. The molecule has 25 heavy (non-hydrogen) atoms. The number of rotatable bonds is 4. The van der Waals surface area contributed by atoms with Crippen molar-refractivity contribution in [2.24, 2.45) is 0 Å². The lowest BCUT2D eigenvalue weighted by molar-refractivity contribution is 0.296. The highest BCUT2D eigenvalue weighted by Crippen LogP contribution is 2.30. The Morgan fingerprint density at radius 2 is 2.20 bits per heavy atom. The molecule has 0 aromatic carbocycles. The van der Waals surface area contributed by atoms with E-state index in [-0.39, 0.29) is 18.1 Å². The molecular weight excluding hydrogens is 321 g/mol. The van der Waals surface area contributed by atoms with Gasteiger partial charge in [0.15, 0.2) is 11.4 Å².